The first-order valence-electron chi connectivity index (χ1n) is 7.68. The van der Waals surface area contributed by atoms with Crippen molar-refractivity contribution in [2.24, 2.45) is 5.41 Å². The van der Waals surface area contributed by atoms with Gasteiger partial charge in [0.05, 0.1) is 6.10 Å². The van der Waals surface area contributed by atoms with Crippen molar-refractivity contribution < 1.29 is 9.90 Å². The van der Waals surface area contributed by atoms with Crippen LogP contribution in [0.25, 0.3) is 0 Å². The molecule has 0 aliphatic heterocycles. The smallest absolute Gasteiger partial charge is 0.150 e. The van der Waals surface area contributed by atoms with Crippen molar-refractivity contribution in [3.8, 4) is 0 Å². The number of aldehydes is 1. The average Bonchev–Trinajstić information content (AvgIpc) is 2.50. The Labute approximate surface area is 132 Å². The van der Waals surface area contributed by atoms with Crippen LogP contribution in [-0.2, 0) is 12.8 Å². The molecule has 2 heteroatoms. The highest BCUT2D eigenvalue weighted by atomic mass is 16.3. The molecule has 0 aromatic heterocycles. The summed E-state index contributed by atoms with van der Waals surface area (Å²) in [6, 6.07) is 15.9. The van der Waals surface area contributed by atoms with Crippen molar-refractivity contribution in [3.05, 3.63) is 70.8 Å². The van der Waals surface area contributed by atoms with Gasteiger partial charge in [0.25, 0.3) is 0 Å². The molecule has 1 N–H and O–H groups in total. The summed E-state index contributed by atoms with van der Waals surface area (Å²) in [5.74, 6) is 0. The molecule has 0 spiro atoms. The minimum Gasteiger partial charge on any atom is -0.392 e. The lowest BCUT2D eigenvalue weighted by molar-refractivity contribution is 0.0508. The maximum atomic E-state index is 10.7. The molecular formula is C20H24O2. The normalized spacial score (nSPS) is 12.9. The lowest BCUT2D eigenvalue weighted by Crippen LogP contribution is -2.33. The molecule has 2 rings (SSSR count). The Kier molecular flexibility index (Phi) is 5.15. The van der Waals surface area contributed by atoms with Crippen LogP contribution in [0.15, 0.2) is 48.5 Å². The second kappa shape index (κ2) is 6.89. The Hall–Kier alpha value is -1.93. The second-order valence-electron chi connectivity index (χ2n) is 6.73. The third kappa shape index (κ3) is 4.28. The van der Waals surface area contributed by atoms with Crippen LogP contribution >= 0.6 is 0 Å². The molecule has 0 saturated heterocycles. The van der Waals surface area contributed by atoms with E-state index in [2.05, 4.69) is 45.0 Å². The number of hydrogen-bond acceptors (Lipinski definition) is 2. The second-order valence-corrected chi connectivity index (χ2v) is 6.73. The summed E-state index contributed by atoms with van der Waals surface area (Å²) in [5.41, 5.74) is 3.99. The van der Waals surface area contributed by atoms with Crippen molar-refractivity contribution >= 4 is 6.29 Å². The number of rotatable bonds is 6. The topological polar surface area (TPSA) is 37.3 Å². The SMILES string of the molecule is Cc1ccc(CC(C)(C)[C@H](O)Cc2ccc(C=O)cc2)cc1. The van der Waals surface area contributed by atoms with Crippen LogP contribution in [0.4, 0.5) is 0 Å². The highest BCUT2D eigenvalue weighted by molar-refractivity contribution is 5.74. The summed E-state index contributed by atoms with van der Waals surface area (Å²) in [5, 5.41) is 10.6. The van der Waals surface area contributed by atoms with Gasteiger partial charge in [-0.05, 0) is 36.3 Å². The summed E-state index contributed by atoms with van der Waals surface area (Å²) in [6.07, 6.45) is 1.83. The summed E-state index contributed by atoms with van der Waals surface area (Å²) in [7, 11) is 0. The number of aliphatic hydroxyl groups excluding tert-OH is 1. The van der Waals surface area contributed by atoms with Crippen LogP contribution in [0.5, 0.6) is 0 Å². The Bertz CT molecular complexity index is 609. The van der Waals surface area contributed by atoms with Crippen molar-refractivity contribution in [2.45, 2.75) is 39.7 Å². The highest BCUT2D eigenvalue weighted by Crippen LogP contribution is 2.28. The summed E-state index contributed by atoms with van der Waals surface area (Å²) in [4.78, 5) is 10.7. The first kappa shape index (κ1) is 16.4. The van der Waals surface area contributed by atoms with Crippen LogP contribution in [0.3, 0.4) is 0 Å². The number of carbonyl (C=O) groups is 1. The lowest BCUT2D eigenvalue weighted by atomic mass is 9.78. The van der Waals surface area contributed by atoms with Crippen molar-refractivity contribution in [3.63, 3.8) is 0 Å². The van der Waals surface area contributed by atoms with E-state index < -0.39 is 6.10 Å². The van der Waals surface area contributed by atoms with Gasteiger partial charge in [0.15, 0.2) is 0 Å². The molecule has 0 fully saturated rings. The monoisotopic (exact) mass is 296 g/mol. The van der Waals surface area contributed by atoms with Gasteiger partial charge in [-0.25, -0.2) is 0 Å². The van der Waals surface area contributed by atoms with Crippen LogP contribution in [0, 0.1) is 12.3 Å². The van der Waals surface area contributed by atoms with Gasteiger partial charge in [0, 0.05) is 5.56 Å². The summed E-state index contributed by atoms with van der Waals surface area (Å²) < 4.78 is 0. The fourth-order valence-corrected chi connectivity index (χ4v) is 2.58. The first-order valence-corrected chi connectivity index (χ1v) is 7.68. The van der Waals surface area contributed by atoms with Crippen LogP contribution in [0.1, 0.15) is 40.9 Å². The number of carbonyl (C=O) groups excluding carboxylic acids is 1. The van der Waals surface area contributed by atoms with Crippen molar-refractivity contribution in [2.75, 3.05) is 0 Å². The number of aryl methyl sites for hydroxylation is 1. The third-order valence-electron chi connectivity index (χ3n) is 4.23. The molecule has 116 valence electrons. The van der Waals surface area contributed by atoms with E-state index in [0.29, 0.717) is 12.0 Å². The molecule has 0 radical (unpaired) electrons. The molecular weight excluding hydrogens is 272 g/mol. The molecule has 0 heterocycles. The molecule has 2 nitrogen and oxygen atoms in total. The zero-order valence-electron chi connectivity index (χ0n) is 13.5. The number of hydrogen-bond donors (Lipinski definition) is 1. The van der Waals surface area contributed by atoms with Crippen LogP contribution in [-0.4, -0.2) is 17.5 Å². The van der Waals surface area contributed by atoms with Gasteiger partial charge in [-0.3, -0.25) is 4.79 Å². The van der Waals surface area contributed by atoms with E-state index in [1.54, 1.807) is 12.1 Å². The first-order chi connectivity index (χ1) is 10.4. The predicted molar refractivity (Wildman–Crippen MR) is 90.2 cm³/mol. The Balaban J connectivity index is 2.03. The predicted octanol–water partition coefficient (Wildman–Crippen LogP) is 3.98. The Morgan fingerprint density at radius 1 is 1.00 bits per heavy atom. The average molecular weight is 296 g/mol. The van der Waals surface area contributed by atoms with E-state index in [-0.39, 0.29) is 5.41 Å². The highest BCUT2D eigenvalue weighted by Gasteiger charge is 2.28. The van der Waals surface area contributed by atoms with Crippen molar-refractivity contribution in [1.29, 1.82) is 0 Å². The number of aliphatic hydroxyl groups is 1. The van der Waals surface area contributed by atoms with Gasteiger partial charge in [0.1, 0.15) is 6.29 Å². The van der Waals surface area contributed by atoms with Gasteiger partial charge in [0.2, 0.25) is 0 Å². The zero-order chi connectivity index (χ0) is 16.2. The van der Waals surface area contributed by atoms with Gasteiger partial charge < -0.3 is 5.11 Å². The Morgan fingerprint density at radius 2 is 1.55 bits per heavy atom. The van der Waals surface area contributed by atoms with E-state index in [9.17, 15) is 9.90 Å². The molecule has 2 aromatic rings. The molecule has 0 saturated carbocycles. The van der Waals surface area contributed by atoms with Gasteiger partial charge in [-0.1, -0.05) is 67.9 Å². The standard InChI is InChI=1S/C20H24O2/c1-15-4-6-17(7-5-15)13-20(2,3)19(22)12-16-8-10-18(14-21)11-9-16/h4-11,14,19,22H,12-13H2,1-3H3/t19-/m1/s1. The van der Waals surface area contributed by atoms with Gasteiger partial charge >= 0.3 is 0 Å². The van der Waals surface area contributed by atoms with E-state index in [1.807, 2.05) is 12.1 Å². The van der Waals surface area contributed by atoms with Crippen LogP contribution in [0.2, 0.25) is 0 Å². The molecule has 0 unspecified atom stereocenters. The molecule has 0 aliphatic carbocycles. The molecule has 0 bridgehead atoms. The van der Waals surface area contributed by atoms with E-state index in [4.69, 9.17) is 0 Å². The summed E-state index contributed by atoms with van der Waals surface area (Å²) >= 11 is 0. The summed E-state index contributed by atoms with van der Waals surface area (Å²) in [6.45, 7) is 6.27. The van der Waals surface area contributed by atoms with Crippen LogP contribution < -0.4 is 0 Å². The quantitative estimate of drug-likeness (QED) is 0.819. The van der Waals surface area contributed by atoms with E-state index in [1.165, 1.54) is 11.1 Å². The molecule has 2 aromatic carbocycles. The minimum absolute atomic E-state index is 0.210. The molecule has 0 amide bonds. The molecule has 0 aliphatic rings. The third-order valence-corrected chi connectivity index (χ3v) is 4.23. The lowest BCUT2D eigenvalue weighted by Gasteiger charge is -2.31. The zero-order valence-corrected chi connectivity index (χ0v) is 13.5. The van der Waals surface area contributed by atoms with E-state index >= 15 is 0 Å². The van der Waals surface area contributed by atoms with Crippen molar-refractivity contribution in [1.82, 2.24) is 0 Å². The molecule has 22 heavy (non-hydrogen) atoms. The minimum atomic E-state index is -0.434. The van der Waals surface area contributed by atoms with E-state index in [0.717, 1.165) is 18.3 Å². The van der Waals surface area contributed by atoms with Gasteiger partial charge in [-0.2, -0.15) is 0 Å². The maximum Gasteiger partial charge on any atom is 0.150 e. The fourth-order valence-electron chi connectivity index (χ4n) is 2.58. The number of benzene rings is 2. The molecule has 1 atom stereocenters. The van der Waals surface area contributed by atoms with Gasteiger partial charge in [-0.15, -0.1) is 0 Å². The Morgan fingerprint density at radius 3 is 2.09 bits per heavy atom. The largest absolute Gasteiger partial charge is 0.392 e. The maximum absolute atomic E-state index is 10.7. The fraction of sp³-hybridized carbons (Fsp3) is 0.350.